The summed E-state index contributed by atoms with van der Waals surface area (Å²) < 4.78 is 0. The number of hydrogen-bond acceptors (Lipinski definition) is 3. The fraction of sp³-hybridized carbons (Fsp3) is 0.267. The lowest BCUT2D eigenvalue weighted by molar-refractivity contribution is -0.120. The van der Waals surface area contributed by atoms with Crippen LogP contribution < -0.4 is 10.6 Å². The molecule has 0 aliphatic carbocycles. The molecular weight excluding hydrogens is 292 g/mol. The molecule has 5 heteroatoms. The molecule has 0 unspecified atom stereocenters. The van der Waals surface area contributed by atoms with Gasteiger partial charge < -0.3 is 10.6 Å². The van der Waals surface area contributed by atoms with Crippen molar-refractivity contribution in [2.75, 3.05) is 4.90 Å². The molecule has 0 saturated heterocycles. The van der Waals surface area contributed by atoms with Gasteiger partial charge in [-0.3, -0.25) is 4.79 Å². The molecular formula is C15H19ClN2OS. The van der Waals surface area contributed by atoms with Gasteiger partial charge in [-0.05, 0) is 40.9 Å². The summed E-state index contributed by atoms with van der Waals surface area (Å²) in [5.74, 6) is -0.0279. The van der Waals surface area contributed by atoms with Crippen molar-refractivity contribution in [1.82, 2.24) is 0 Å². The van der Waals surface area contributed by atoms with Crippen LogP contribution in [-0.2, 0) is 11.3 Å². The van der Waals surface area contributed by atoms with Crippen LogP contribution in [0.15, 0.2) is 47.2 Å². The van der Waals surface area contributed by atoms with E-state index in [-0.39, 0.29) is 18.3 Å². The van der Waals surface area contributed by atoms with Crippen molar-refractivity contribution in [3.8, 4) is 0 Å². The van der Waals surface area contributed by atoms with E-state index in [1.165, 1.54) is 0 Å². The predicted molar refractivity (Wildman–Crippen MR) is 87.5 cm³/mol. The standard InChI is InChI=1S/C15H18N2OS.ClH/c1-2-14(16)15(18)17(10-12-8-9-19-11-12)13-6-4-3-5-7-13;/h3-9,11,14H,2,10,16H2,1H3;1H/t14-;/m0./s1. The smallest absolute Gasteiger partial charge is 0.244 e. The molecule has 2 rings (SSSR count). The lowest BCUT2D eigenvalue weighted by Crippen LogP contribution is -2.43. The maximum atomic E-state index is 12.4. The van der Waals surface area contributed by atoms with E-state index in [0.29, 0.717) is 13.0 Å². The summed E-state index contributed by atoms with van der Waals surface area (Å²) in [4.78, 5) is 14.2. The zero-order valence-electron chi connectivity index (χ0n) is 11.4. The van der Waals surface area contributed by atoms with E-state index < -0.39 is 6.04 Å². The highest BCUT2D eigenvalue weighted by Gasteiger charge is 2.21. The number of carbonyl (C=O) groups excluding carboxylic acids is 1. The fourth-order valence-corrected chi connectivity index (χ4v) is 2.50. The molecule has 3 nitrogen and oxygen atoms in total. The largest absolute Gasteiger partial charge is 0.320 e. The second kappa shape index (κ2) is 8.04. The van der Waals surface area contributed by atoms with Gasteiger partial charge in [0.25, 0.3) is 0 Å². The number of halogens is 1. The highest BCUT2D eigenvalue weighted by Crippen LogP contribution is 2.19. The number of para-hydroxylation sites is 1. The van der Waals surface area contributed by atoms with Crippen molar-refractivity contribution >= 4 is 35.3 Å². The Hall–Kier alpha value is -1.36. The molecule has 0 aliphatic rings. The third kappa shape index (κ3) is 4.07. The van der Waals surface area contributed by atoms with E-state index in [2.05, 4.69) is 5.38 Å². The van der Waals surface area contributed by atoms with Gasteiger partial charge in [0.05, 0.1) is 12.6 Å². The highest BCUT2D eigenvalue weighted by molar-refractivity contribution is 7.07. The summed E-state index contributed by atoms with van der Waals surface area (Å²) in [6, 6.07) is 11.3. The van der Waals surface area contributed by atoms with Crippen molar-refractivity contribution in [3.05, 3.63) is 52.7 Å². The lowest BCUT2D eigenvalue weighted by Gasteiger charge is -2.25. The zero-order valence-corrected chi connectivity index (χ0v) is 13.0. The number of amides is 1. The first-order chi connectivity index (χ1) is 9.22. The van der Waals surface area contributed by atoms with Crippen LogP contribution in [0.5, 0.6) is 0 Å². The van der Waals surface area contributed by atoms with Crippen LogP contribution in [0.4, 0.5) is 5.69 Å². The minimum absolute atomic E-state index is 0. The second-order valence-corrected chi connectivity index (χ2v) is 5.19. The Kier molecular flexibility index (Phi) is 6.71. The van der Waals surface area contributed by atoms with E-state index in [4.69, 9.17) is 5.73 Å². The van der Waals surface area contributed by atoms with Gasteiger partial charge in [0.2, 0.25) is 5.91 Å². The molecule has 1 heterocycles. The van der Waals surface area contributed by atoms with Gasteiger partial charge in [0, 0.05) is 5.69 Å². The predicted octanol–water partition coefficient (Wildman–Crippen LogP) is 3.44. The zero-order chi connectivity index (χ0) is 13.7. The Morgan fingerprint density at radius 3 is 2.55 bits per heavy atom. The first-order valence-corrected chi connectivity index (χ1v) is 7.29. The summed E-state index contributed by atoms with van der Waals surface area (Å²) in [5.41, 5.74) is 7.92. The van der Waals surface area contributed by atoms with Gasteiger partial charge in [0.1, 0.15) is 0 Å². The Morgan fingerprint density at radius 2 is 2.00 bits per heavy atom. The van der Waals surface area contributed by atoms with E-state index >= 15 is 0 Å². The number of rotatable bonds is 5. The number of thiophene rings is 1. The number of benzene rings is 1. The van der Waals surface area contributed by atoms with Crippen LogP contribution in [0.2, 0.25) is 0 Å². The molecule has 1 amide bonds. The van der Waals surface area contributed by atoms with Crippen LogP contribution in [0.25, 0.3) is 0 Å². The van der Waals surface area contributed by atoms with Crippen LogP contribution in [0.3, 0.4) is 0 Å². The molecule has 0 aliphatic heterocycles. The Bertz CT molecular complexity index is 516. The molecule has 0 fully saturated rings. The van der Waals surface area contributed by atoms with E-state index in [0.717, 1.165) is 11.3 Å². The molecule has 20 heavy (non-hydrogen) atoms. The Balaban J connectivity index is 0.00000200. The average Bonchev–Trinajstić information content (AvgIpc) is 2.97. The second-order valence-electron chi connectivity index (χ2n) is 4.41. The van der Waals surface area contributed by atoms with E-state index in [1.54, 1.807) is 16.2 Å². The van der Waals surface area contributed by atoms with Gasteiger partial charge in [-0.1, -0.05) is 25.1 Å². The summed E-state index contributed by atoms with van der Waals surface area (Å²) >= 11 is 1.63. The summed E-state index contributed by atoms with van der Waals surface area (Å²) in [6.07, 6.45) is 0.645. The van der Waals surface area contributed by atoms with Crippen molar-refractivity contribution in [2.24, 2.45) is 5.73 Å². The quantitative estimate of drug-likeness (QED) is 0.919. The molecule has 0 bridgehead atoms. The third-order valence-electron chi connectivity index (χ3n) is 3.01. The molecule has 1 aromatic carbocycles. The minimum Gasteiger partial charge on any atom is -0.320 e. The summed E-state index contributed by atoms with van der Waals surface area (Å²) in [5, 5.41) is 4.07. The number of nitrogens with two attached hydrogens (primary N) is 1. The third-order valence-corrected chi connectivity index (χ3v) is 3.74. The van der Waals surface area contributed by atoms with E-state index in [9.17, 15) is 4.79 Å². The van der Waals surface area contributed by atoms with Crippen molar-refractivity contribution < 1.29 is 4.79 Å². The van der Waals surface area contributed by atoms with Crippen LogP contribution >= 0.6 is 23.7 Å². The highest BCUT2D eigenvalue weighted by atomic mass is 35.5. The maximum Gasteiger partial charge on any atom is 0.244 e. The number of nitrogens with zero attached hydrogens (tertiary/aromatic N) is 1. The van der Waals surface area contributed by atoms with Crippen molar-refractivity contribution in [3.63, 3.8) is 0 Å². The maximum absolute atomic E-state index is 12.4. The van der Waals surface area contributed by atoms with Gasteiger partial charge in [-0.15, -0.1) is 12.4 Å². The molecule has 2 N–H and O–H groups in total. The number of hydrogen-bond donors (Lipinski definition) is 1. The van der Waals surface area contributed by atoms with Gasteiger partial charge >= 0.3 is 0 Å². The topological polar surface area (TPSA) is 46.3 Å². The van der Waals surface area contributed by atoms with E-state index in [1.807, 2.05) is 48.7 Å². The summed E-state index contributed by atoms with van der Waals surface area (Å²) in [7, 11) is 0. The minimum atomic E-state index is -0.446. The van der Waals surface area contributed by atoms with Gasteiger partial charge in [0.15, 0.2) is 0 Å². The molecule has 108 valence electrons. The first-order valence-electron chi connectivity index (χ1n) is 6.35. The SMILES string of the molecule is CC[C@H](N)C(=O)N(Cc1ccsc1)c1ccccc1.Cl. The fourth-order valence-electron chi connectivity index (χ4n) is 1.84. The molecule has 1 aromatic heterocycles. The van der Waals surface area contributed by atoms with Gasteiger partial charge in [-0.2, -0.15) is 11.3 Å². The van der Waals surface area contributed by atoms with Crippen molar-refractivity contribution in [1.29, 1.82) is 0 Å². The van der Waals surface area contributed by atoms with Crippen molar-refractivity contribution in [2.45, 2.75) is 25.9 Å². The molecule has 0 spiro atoms. The van der Waals surface area contributed by atoms with Crippen LogP contribution in [0.1, 0.15) is 18.9 Å². The molecule has 0 radical (unpaired) electrons. The Labute approximate surface area is 129 Å². The average molecular weight is 311 g/mol. The monoisotopic (exact) mass is 310 g/mol. The Morgan fingerprint density at radius 1 is 1.30 bits per heavy atom. The van der Waals surface area contributed by atoms with Gasteiger partial charge in [-0.25, -0.2) is 0 Å². The number of anilines is 1. The lowest BCUT2D eigenvalue weighted by atomic mass is 10.1. The van der Waals surface area contributed by atoms with Crippen LogP contribution in [-0.4, -0.2) is 11.9 Å². The molecule has 0 saturated carbocycles. The first kappa shape index (κ1) is 16.7. The van der Waals surface area contributed by atoms with Crippen LogP contribution in [0, 0.1) is 0 Å². The number of carbonyl (C=O) groups is 1. The molecule has 1 atom stereocenters. The summed E-state index contributed by atoms with van der Waals surface area (Å²) in [6.45, 7) is 2.50. The normalized spacial score (nSPS) is 11.5. The molecule has 2 aromatic rings.